The fourth-order valence-electron chi connectivity index (χ4n) is 10.8. The van der Waals surface area contributed by atoms with Gasteiger partial charge in [0.25, 0.3) is 5.89 Å². The van der Waals surface area contributed by atoms with Crippen LogP contribution in [0, 0.1) is 39.4 Å². The van der Waals surface area contributed by atoms with Crippen LogP contribution in [0.4, 0.5) is 4.39 Å². The molecule has 0 spiro atoms. The minimum atomic E-state index is -0.754. The molecule has 8 atom stereocenters. The molecule has 6 nitrogen and oxygen atoms in total. The molecule has 0 aliphatic heterocycles. The number of ketones is 1. The molecule has 0 unspecified atom stereocenters. The van der Waals surface area contributed by atoms with E-state index in [0.717, 1.165) is 57.1 Å². The number of fused-ring (bicyclic) bond motifs is 8. The molecule has 7 heteroatoms. The predicted molar refractivity (Wildman–Crippen MR) is 143 cm³/mol. The minimum absolute atomic E-state index is 0.0474. The van der Waals surface area contributed by atoms with Crippen LogP contribution < -0.4 is 0 Å². The van der Waals surface area contributed by atoms with Crippen LogP contribution in [0.25, 0.3) is 0 Å². The summed E-state index contributed by atoms with van der Waals surface area (Å²) in [6.07, 6.45) is 11.8. The topological polar surface area (TPSA) is 82.0 Å². The zero-order valence-electron chi connectivity index (χ0n) is 24.3. The number of nitrogens with zero attached hydrogens (tertiary/aromatic N) is 3. The van der Waals surface area contributed by atoms with Gasteiger partial charge in [-0.25, -0.2) is 4.39 Å². The second kappa shape index (κ2) is 7.91. The maximum absolute atomic E-state index is 14.6. The lowest BCUT2D eigenvalue weighted by Gasteiger charge is -2.68. The molecule has 3 fully saturated rings. The van der Waals surface area contributed by atoms with Crippen LogP contribution in [-0.4, -0.2) is 21.1 Å². The van der Waals surface area contributed by atoms with E-state index in [1.54, 1.807) is 0 Å². The van der Waals surface area contributed by atoms with Gasteiger partial charge in [0.15, 0.2) is 18.3 Å². The quantitative estimate of drug-likeness (QED) is 0.401. The first-order valence-corrected chi connectivity index (χ1v) is 15.0. The Balaban J connectivity index is 1.37. The molecule has 2 aromatic rings. The summed E-state index contributed by atoms with van der Waals surface area (Å²) in [6, 6.07) is 0. The summed E-state index contributed by atoms with van der Waals surface area (Å²) >= 11 is 0. The summed E-state index contributed by atoms with van der Waals surface area (Å²) in [5, 5.41) is 8.50. The van der Waals surface area contributed by atoms with Crippen LogP contribution in [0.3, 0.4) is 0 Å². The van der Waals surface area contributed by atoms with Crippen LogP contribution in [0.15, 0.2) is 26.9 Å². The molecule has 0 radical (unpaired) electrons. The van der Waals surface area contributed by atoms with E-state index in [4.69, 9.17) is 9.05 Å². The molecule has 0 aromatic carbocycles. The maximum atomic E-state index is 14.6. The second-order valence-electron chi connectivity index (χ2n) is 15.2. The van der Waals surface area contributed by atoms with Crippen LogP contribution in [0.5, 0.6) is 0 Å². The zero-order valence-corrected chi connectivity index (χ0v) is 24.3. The van der Waals surface area contributed by atoms with Crippen molar-refractivity contribution in [2.75, 3.05) is 0 Å². The second-order valence-corrected chi connectivity index (χ2v) is 15.2. The SMILES string of the molecule is C[C@@H]1c2oncc2C[C@]2(C)C3=CC(=O)[C@@H]4[C@@H]5CC(C)(C)CC[C@]5(c5noc(CF)n5)CC[C@@]4(C)[C@]3(C)CC[C@@H]12. The fraction of sp³-hybridized carbons (Fsp3) is 0.750. The molecule has 0 bridgehead atoms. The Kier molecular flexibility index (Phi) is 5.20. The average molecular weight is 536 g/mol. The number of allylic oxidation sites excluding steroid dienone is 2. The number of hydrogen-bond donors (Lipinski definition) is 0. The first-order chi connectivity index (χ1) is 18.4. The Morgan fingerprint density at radius 2 is 1.79 bits per heavy atom. The fourth-order valence-corrected chi connectivity index (χ4v) is 10.8. The van der Waals surface area contributed by atoms with Gasteiger partial charge in [-0.1, -0.05) is 57.4 Å². The van der Waals surface area contributed by atoms with Gasteiger partial charge in [0, 0.05) is 22.8 Å². The van der Waals surface area contributed by atoms with Gasteiger partial charge < -0.3 is 9.05 Å². The van der Waals surface area contributed by atoms with Gasteiger partial charge >= 0.3 is 0 Å². The van der Waals surface area contributed by atoms with Gasteiger partial charge in [0.2, 0.25) is 0 Å². The summed E-state index contributed by atoms with van der Waals surface area (Å²) in [5.74, 6) is 2.69. The lowest BCUT2D eigenvalue weighted by atomic mass is 9.34. The molecule has 210 valence electrons. The van der Waals surface area contributed by atoms with E-state index in [2.05, 4.69) is 62.9 Å². The monoisotopic (exact) mass is 535 g/mol. The van der Waals surface area contributed by atoms with Gasteiger partial charge in [-0.05, 0) is 90.9 Å². The third-order valence-electron chi connectivity index (χ3n) is 13.0. The highest BCUT2D eigenvalue weighted by molar-refractivity contribution is 5.95. The van der Waals surface area contributed by atoms with E-state index in [0.29, 0.717) is 11.7 Å². The standard InChI is InChI=1S/C32H42FN3O3/c1-18-20-7-8-30(5)23(29(20,4)14-19-17-34-39-26(18)19)13-22(37)25-21-15-28(2,3)9-11-32(21,12-10-31(25,30)6)27-35-24(16-33)38-36-27/h13,17-18,20-21,25H,7-12,14-16H2,1-6H3/t18-,20-,21-,25-,29-,30+,31+,32-/m0/s1. The first kappa shape index (κ1) is 25.6. The van der Waals surface area contributed by atoms with Gasteiger partial charge in [-0.15, -0.1) is 0 Å². The molecule has 0 amide bonds. The minimum Gasteiger partial charge on any atom is -0.361 e. The number of carbonyl (C=O) groups is 1. The highest BCUT2D eigenvalue weighted by Crippen LogP contribution is 2.74. The van der Waals surface area contributed by atoms with Gasteiger partial charge in [-0.3, -0.25) is 4.79 Å². The van der Waals surface area contributed by atoms with Crippen molar-refractivity contribution in [1.82, 2.24) is 15.3 Å². The van der Waals surface area contributed by atoms with Crippen molar-refractivity contribution in [1.29, 1.82) is 0 Å². The zero-order chi connectivity index (χ0) is 27.6. The van der Waals surface area contributed by atoms with Crippen molar-refractivity contribution in [3.8, 4) is 0 Å². The van der Waals surface area contributed by atoms with Crippen LogP contribution in [0.2, 0.25) is 0 Å². The van der Waals surface area contributed by atoms with Crippen molar-refractivity contribution in [2.45, 2.75) is 111 Å². The van der Waals surface area contributed by atoms with E-state index >= 15 is 0 Å². The van der Waals surface area contributed by atoms with Crippen molar-refractivity contribution in [3.05, 3.63) is 40.9 Å². The van der Waals surface area contributed by atoms with Crippen molar-refractivity contribution in [2.24, 2.45) is 39.4 Å². The van der Waals surface area contributed by atoms with Crippen LogP contribution in [-0.2, 0) is 23.3 Å². The number of halogens is 1. The normalized spacial score (nSPS) is 44.4. The summed E-state index contributed by atoms with van der Waals surface area (Å²) in [5.41, 5.74) is 1.98. The van der Waals surface area contributed by atoms with E-state index in [1.165, 1.54) is 11.1 Å². The molecule has 3 saturated carbocycles. The van der Waals surface area contributed by atoms with Crippen LogP contribution >= 0.6 is 0 Å². The molecular weight excluding hydrogens is 493 g/mol. The van der Waals surface area contributed by atoms with Crippen LogP contribution in [0.1, 0.15) is 115 Å². The number of hydrogen-bond acceptors (Lipinski definition) is 6. The molecule has 5 aliphatic rings. The molecule has 7 rings (SSSR count). The Bertz CT molecular complexity index is 1380. The third kappa shape index (κ3) is 3.13. The number of rotatable bonds is 2. The van der Waals surface area contributed by atoms with Crippen molar-refractivity contribution in [3.63, 3.8) is 0 Å². The molecule has 2 heterocycles. The van der Waals surface area contributed by atoms with E-state index in [-0.39, 0.29) is 56.5 Å². The highest BCUT2D eigenvalue weighted by Gasteiger charge is 2.70. The lowest BCUT2D eigenvalue weighted by Crippen LogP contribution is -2.65. The summed E-state index contributed by atoms with van der Waals surface area (Å²) in [4.78, 5) is 19.1. The van der Waals surface area contributed by atoms with Crippen molar-refractivity contribution >= 4 is 5.78 Å². The molecule has 5 aliphatic carbocycles. The Morgan fingerprint density at radius 3 is 2.54 bits per heavy atom. The van der Waals surface area contributed by atoms with E-state index < -0.39 is 6.67 Å². The average Bonchev–Trinajstić information content (AvgIpc) is 3.55. The molecule has 2 aromatic heterocycles. The van der Waals surface area contributed by atoms with E-state index in [9.17, 15) is 9.18 Å². The van der Waals surface area contributed by atoms with Gasteiger partial charge in [-0.2, -0.15) is 4.98 Å². The molecule has 0 saturated heterocycles. The molecular formula is C32H42FN3O3. The first-order valence-electron chi connectivity index (χ1n) is 15.0. The van der Waals surface area contributed by atoms with E-state index in [1.807, 2.05) is 6.20 Å². The number of alkyl halides is 1. The van der Waals surface area contributed by atoms with Gasteiger partial charge in [0.1, 0.15) is 5.76 Å². The summed E-state index contributed by atoms with van der Waals surface area (Å²) in [7, 11) is 0. The molecule has 39 heavy (non-hydrogen) atoms. The maximum Gasteiger partial charge on any atom is 0.258 e. The lowest BCUT2D eigenvalue weighted by molar-refractivity contribution is -0.159. The Hall–Kier alpha value is -2.31. The molecule has 0 N–H and O–H groups in total. The Labute approximate surface area is 230 Å². The summed E-state index contributed by atoms with van der Waals surface area (Å²) in [6.45, 7) is 13.5. The summed E-state index contributed by atoms with van der Waals surface area (Å²) < 4.78 is 24.5. The highest BCUT2D eigenvalue weighted by atomic mass is 19.1. The smallest absolute Gasteiger partial charge is 0.258 e. The number of carbonyl (C=O) groups excluding carboxylic acids is 1. The largest absolute Gasteiger partial charge is 0.361 e. The van der Waals surface area contributed by atoms with Gasteiger partial charge in [0.05, 0.1) is 6.20 Å². The number of aromatic nitrogens is 3. The Morgan fingerprint density at radius 1 is 1.03 bits per heavy atom. The van der Waals surface area contributed by atoms with Crippen molar-refractivity contribution < 1.29 is 18.2 Å². The predicted octanol–water partition coefficient (Wildman–Crippen LogP) is 7.30. The third-order valence-corrected chi connectivity index (χ3v) is 13.0.